The monoisotopic (exact) mass is 198 g/mol. The number of hydrazine groups is 1. The zero-order chi connectivity index (χ0) is 10.9. The van der Waals surface area contributed by atoms with Gasteiger partial charge in [0.1, 0.15) is 6.04 Å². The highest BCUT2D eigenvalue weighted by atomic mass is 15.7. The topological polar surface area (TPSA) is 31.2 Å². The summed E-state index contributed by atoms with van der Waals surface area (Å²) in [6, 6.07) is 1.48. The molecule has 1 saturated heterocycles. The molecule has 1 aliphatic heterocycles. The third-order valence-electron chi connectivity index (χ3n) is 3.10. The molecule has 0 spiro atoms. The van der Waals surface area contributed by atoms with E-state index in [4.69, 9.17) is 0 Å². The van der Waals surface area contributed by atoms with Crippen LogP contribution in [0.3, 0.4) is 0 Å². The van der Waals surface area contributed by atoms with E-state index in [0.29, 0.717) is 24.2 Å². The van der Waals surface area contributed by atoms with E-state index in [2.05, 4.69) is 62.0 Å². The van der Waals surface area contributed by atoms with Gasteiger partial charge in [-0.1, -0.05) is 0 Å². The van der Waals surface area contributed by atoms with Crippen molar-refractivity contribution in [1.29, 1.82) is 0 Å². The molecule has 4 heteroatoms. The van der Waals surface area contributed by atoms with Crippen LogP contribution in [0, 0.1) is 0 Å². The minimum absolute atomic E-state index is 0.297. The van der Waals surface area contributed by atoms with Gasteiger partial charge in [0.25, 0.3) is 0 Å². The molecule has 0 aromatic heterocycles. The van der Waals surface area contributed by atoms with Crippen molar-refractivity contribution in [3.63, 3.8) is 0 Å². The number of hydrogen-bond acceptors (Lipinski definition) is 4. The molecular formula is C10H22N4. The molecule has 1 heterocycles. The van der Waals surface area contributed by atoms with E-state index in [1.165, 1.54) is 0 Å². The second-order valence-electron chi connectivity index (χ2n) is 4.44. The second-order valence-corrected chi connectivity index (χ2v) is 4.44. The zero-order valence-corrected chi connectivity index (χ0v) is 10.1. The molecule has 0 radical (unpaired) electrons. The van der Waals surface area contributed by atoms with Crippen molar-refractivity contribution in [3.8, 4) is 0 Å². The van der Waals surface area contributed by atoms with E-state index in [0.717, 1.165) is 0 Å². The Balaban J connectivity index is 2.70. The average molecular weight is 198 g/mol. The van der Waals surface area contributed by atoms with Crippen LogP contribution in [0.25, 0.3) is 0 Å². The summed E-state index contributed by atoms with van der Waals surface area (Å²) in [6.45, 7) is 8.51. The Morgan fingerprint density at radius 3 is 1.79 bits per heavy atom. The first kappa shape index (κ1) is 11.6. The number of likely N-dealkylation sites (N-methyl/N-ethyl adjacent to an activating group) is 2. The van der Waals surface area contributed by atoms with E-state index in [1.807, 2.05) is 0 Å². The summed E-state index contributed by atoms with van der Waals surface area (Å²) >= 11 is 0. The van der Waals surface area contributed by atoms with Crippen molar-refractivity contribution in [2.45, 2.75) is 51.9 Å². The first-order chi connectivity index (χ1) is 6.45. The van der Waals surface area contributed by atoms with Gasteiger partial charge in [0.2, 0.25) is 0 Å². The van der Waals surface area contributed by atoms with Crippen LogP contribution < -0.4 is 0 Å². The highest BCUT2D eigenvalue weighted by molar-refractivity contribution is 4.92. The molecule has 0 aromatic rings. The van der Waals surface area contributed by atoms with Crippen LogP contribution in [0.2, 0.25) is 0 Å². The summed E-state index contributed by atoms with van der Waals surface area (Å²) in [5, 5.41) is 13.1. The number of rotatable bonds is 2. The van der Waals surface area contributed by atoms with Gasteiger partial charge in [-0.05, 0) is 27.7 Å². The summed E-state index contributed by atoms with van der Waals surface area (Å²) in [4.78, 5) is 0. The van der Waals surface area contributed by atoms with Gasteiger partial charge in [0, 0.05) is 26.2 Å². The quantitative estimate of drug-likeness (QED) is 0.633. The largest absolute Gasteiger partial charge is 0.240 e. The normalized spacial score (nSPS) is 36.4. The van der Waals surface area contributed by atoms with Crippen molar-refractivity contribution in [2.75, 3.05) is 14.1 Å². The van der Waals surface area contributed by atoms with Crippen LogP contribution in [-0.4, -0.2) is 48.3 Å². The lowest BCUT2D eigenvalue weighted by atomic mass is 10.1. The summed E-state index contributed by atoms with van der Waals surface area (Å²) in [5.41, 5.74) is 0. The lowest BCUT2D eigenvalue weighted by Gasteiger charge is -2.23. The lowest BCUT2D eigenvalue weighted by Crippen LogP contribution is -2.35. The third-order valence-corrected chi connectivity index (χ3v) is 3.10. The Morgan fingerprint density at radius 1 is 1.00 bits per heavy atom. The second kappa shape index (κ2) is 4.36. The number of hydrogen-bond donors (Lipinski definition) is 0. The van der Waals surface area contributed by atoms with Gasteiger partial charge in [-0.3, -0.25) is 0 Å². The Labute approximate surface area is 87.0 Å². The lowest BCUT2D eigenvalue weighted by molar-refractivity contribution is 0.0357. The van der Waals surface area contributed by atoms with Crippen LogP contribution in [-0.2, 0) is 0 Å². The van der Waals surface area contributed by atoms with Gasteiger partial charge in [-0.2, -0.15) is 10.2 Å². The van der Waals surface area contributed by atoms with Gasteiger partial charge in [-0.15, -0.1) is 0 Å². The maximum Gasteiger partial charge on any atom is 0.104 e. The summed E-state index contributed by atoms with van der Waals surface area (Å²) in [6.07, 6.45) is 0. The molecular weight excluding hydrogens is 176 g/mol. The smallest absolute Gasteiger partial charge is 0.104 e. The molecule has 4 nitrogen and oxygen atoms in total. The van der Waals surface area contributed by atoms with Crippen molar-refractivity contribution in [1.82, 2.24) is 10.0 Å². The molecule has 82 valence electrons. The van der Waals surface area contributed by atoms with Crippen molar-refractivity contribution >= 4 is 0 Å². The maximum atomic E-state index is 4.43. The first-order valence-corrected chi connectivity index (χ1v) is 5.30. The molecule has 1 rings (SSSR count). The molecule has 0 aromatic carbocycles. The third kappa shape index (κ3) is 2.12. The van der Waals surface area contributed by atoms with E-state index in [-0.39, 0.29) is 0 Å². The average Bonchev–Trinajstić information content (AvgIpc) is 2.29. The SMILES string of the molecule is CC(C)N=NC1C(C)N(C)N(C)C1C. The molecule has 0 bridgehead atoms. The van der Waals surface area contributed by atoms with Crippen LogP contribution in [0.5, 0.6) is 0 Å². The highest BCUT2D eigenvalue weighted by Crippen LogP contribution is 2.24. The fraction of sp³-hybridized carbons (Fsp3) is 1.00. The summed E-state index contributed by atoms with van der Waals surface area (Å²) in [5.74, 6) is 0. The molecule has 0 amide bonds. The Bertz CT molecular complexity index is 200. The standard InChI is InChI=1S/C10H22N4/c1-7(2)11-12-10-8(3)13(5)14(6)9(10)4/h7-10H,1-6H3. The molecule has 1 fully saturated rings. The van der Waals surface area contributed by atoms with Crippen molar-refractivity contribution in [3.05, 3.63) is 0 Å². The molecule has 14 heavy (non-hydrogen) atoms. The maximum absolute atomic E-state index is 4.43. The van der Waals surface area contributed by atoms with Gasteiger partial charge in [0.15, 0.2) is 0 Å². The predicted octanol–water partition coefficient (Wildman–Crippen LogP) is 1.78. The first-order valence-electron chi connectivity index (χ1n) is 5.30. The minimum Gasteiger partial charge on any atom is -0.240 e. The minimum atomic E-state index is 0.297. The molecule has 2 unspecified atom stereocenters. The fourth-order valence-corrected chi connectivity index (χ4v) is 1.82. The Morgan fingerprint density at radius 2 is 1.43 bits per heavy atom. The summed E-state index contributed by atoms with van der Waals surface area (Å²) in [7, 11) is 4.21. The van der Waals surface area contributed by atoms with E-state index < -0.39 is 0 Å². The van der Waals surface area contributed by atoms with Crippen molar-refractivity contribution in [2.24, 2.45) is 10.2 Å². The highest BCUT2D eigenvalue weighted by Gasteiger charge is 2.39. The van der Waals surface area contributed by atoms with Crippen molar-refractivity contribution < 1.29 is 0 Å². The number of azo groups is 1. The Hall–Kier alpha value is -0.480. The Kier molecular flexibility index (Phi) is 3.61. The van der Waals surface area contributed by atoms with Crippen LogP contribution in [0.15, 0.2) is 10.2 Å². The van der Waals surface area contributed by atoms with Gasteiger partial charge < -0.3 is 0 Å². The van der Waals surface area contributed by atoms with E-state index >= 15 is 0 Å². The molecule has 0 saturated carbocycles. The van der Waals surface area contributed by atoms with Gasteiger partial charge in [-0.25, -0.2) is 10.0 Å². The molecule has 2 atom stereocenters. The van der Waals surface area contributed by atoms with Crippen LogP contribution in [0.1, 0.15) is 27.7 Å². The van der Waals surface area contributed by atoms with E-state index in [1.54, 1.807) is 0 Å². The molecule has 0 N–H and O–H groups in total. The molecule has 0 aliphatic carbocycles. The summed E-state index contributed by atoms with van der Waals surface area (Å²) < 4.78 is 0. The van der Waals surface area contributed by atoms with E-state index in [9.17, 15) is 0 Å². The number of nitrogens with zero attached hydrogens (tertiary/aromatic N) is 4. The van der Waals surface area contributed by atoms with Gasteiger partial charge in [0.05, 0.1) is 6.04 Å². The zero-order valence-electron chi connectivity index (χ0n) is 10.1. The fourth-order valence-electron chi connectivity index (χ4n) is 1.82. The van der Waals surface area contributed by atoms with Crippen LogP contribution in [0.4, 0.5) is 0 Å². The van der Waals surface area contributed by atoms with Crippen LogP contribution >= 0.6 is 0 Å². The molecule has 1 aliphatic rings. The van der Waals surface area contributed by atoms with Gasteiger partial charge >= 0.3 is 0 Å². The predicted molar refractivity (Wildman–Crippen MR) is 58.2 cm³/mol.